The molecule has 0 aromatic heterocycles. The van der Waals surface area contributed by atoms with Crippen LogP contribution in [0, 0.1) is 17.8 Å². The van der Waals surface area contributed by atoms with E-state index >= 15 is 0 Å². The fraction of sp³-hybridized carbons (Fsp3) is 0.621. The monoisotopic (exact) mass is 519 g/mol. The van der Waals surface area contributed by atoms with E-state index in [9.17, 15) is 13.2 Å². The third-order valence-corrected chi connectivity index (χ3v) is 7.75. The maximum absolute atomic E-state index is 14.0. The van der Waals surface area contributed by atoms with Gasteiger partial charge in [0.1, 0.15) is 17.4 Å². The molecule has 0 aliphatic heterocycles. The van der Waals surface area contributed by atoms with Gasteiger partial charge in [-0.3, -0.25) is 4.79 Å². The fourth-order valence-corrected chi connectivity index (χ4v) is 5.64. The van der Waals surface area contributed by atoms with E-state index < -0.39 is 27.6 Å². The Labute approximate surface area is 218 Å². The molecule has 36 heavy (non-hydrogen) atoms. The molecule has 0 saturated carbocycles. The average Bonchev–Trinajstić information content (AvgIpc) is 2.73. The van der Waals surface area contributed by atoms with Crippen molar-refractivity contribution in [3.05, 3.63) is 36.4 Å². The van der Waals surface area contributed by atoms with Crippen molar-refractivity contribution in [2.45, 2.75) is 91.7 Å². The predicted molar refractivity (Wildman–Crippen MR) is 147 cm³/mol. The van der Waals surface area contributed by atoms with Crippen LogP contribution in [-0.4, -0.2) is 43.5 Å². The number of benzene rings is 2. The molecule has 1 atom stereocenters. The summed E-state index contributed by atoms with van der Waals surface area (Å²) in [5, 5.41) is 1.70. The maximum Gasteiger partial charge on any atom is 0.325 e. The number of carbonyl (C=O) groups is 1. The van der Waals surface area contributed by atoms with Crippen LogP contribution in [0.5, 0.6) is 5.75 Å². The van der Waals surface area contributed by atoms with E-state index in [-0.39, 0.29) is 23.3 Å². The van der Waals surface area contributed by atoms with Gasteiger partial charge in [-0.2, -0.15) is 4.31 Å². The molecule has 202 valence electrons. The SMILES string of the molecule is CC(C)CCOc1ccc2cc(S(=O)(=O)N(CCC(C)C)[C@@H](C(=O)OC(C)(C)C)C(C)C)ccc2c1. The van der Waals surface area contributed by atoms with Crippen LogP contribution in [-0.2, 0) is 19.6 Å². The molecule has 0 spiro atoms. The van der Waals surface area contributed by atoms with Crippen LogP contribution in [0.2, 0.25) is 0 Å². The standard InChI is InChI=1S/C29H45NO5S/c1-20(2)14-16-30(27(22(5)6)28(31)35-29(7,8)9)36(32,33)26-13-11-23-18-25(12-10-24(23)19-26)34-17-15-21(3)4/h10-13,18-22,27H,14-17H2,1-9H3/t27-/m1/s1. The lowest BCUT2D eigenvalue weighted by atomic mass is 10.0. The lowest BCUT2D eigenvalue weighted by Crippen LogP contribution is -2.50. The lowest BCUT2D eigenvalue weighted by Gasteiger charge is -2.34. The largest absolute Gasteiger partial charge is 0.494 e. The molecular weight excluding hydrogens is 474 g/mol. The Morgan fingerprint density at radius 1 is 0.889 bits per heavy atom. The summed E-state index contributed by atoms with van der Waals surface area (Å²) in [6.45, 7) is 18.4. The molecule has 0 fully saturated rings. The van der Waals surface area contributed by atoms with Crippen molar-refractivity contribution in [2.24, 2.45) is 17.8 Å². The Morgan fingerprint density at radius 3 is 2.03 bits per heavy atom. The topological polar surface area (TPSA) is 72.9 Å². The molecule has 0 saturated heterocycles. The molecule has 0 aliphatic carbocycles. The van der Waals surface area contributed by atoms with Crippen LogP contribution in [0.25, 0.3) is 10.8 Å². The van der Waals surface area contributed by atoms with E-state index in [0.29, 0.717) is 18.9 Å². The lowest BCUT2D eigenvalue weighted by molar-refractivity contribution is -0.161. The average molecular weight is 520 g/mol. The van der Waals surface area contributed by atoms with Crippen molar-refractivity contribution in [1.82, 2.24) is 4.31 Å². The van der Waals surface area contributed by atoms with E-state index in [2.05, 4.69) is 13.8 Å². The van der Waals surface area contributed by atoms with E-state index in [1.165, 1.54) is 4.31 Å². The number of rotatable bonds is 12. The summed E-state index contributed by atoms with van der Waals surface area (Å²) in [6.07, 6.45) is 1.60. The van der Waals surface area contributed by atoms with Gasteiger partial charge in [0.25, 0.3) is 0 Å². The van der Waals surface area contributed by atoms with Gasteiger partial charge in [-0.1, -0.05) is 53.7 Å². The van der Waals surface area contributed by atoms with Gasteiger partial charge >= 0.3 is 5.97 Å². The zero-order valence-electron chi connectivity index (χ0n) is 23.5. The Morgan fingerprint density at radius 2 is 1.47 bits per heavy atom. The minimum Gasteiger partial charge on any atom is -0.494 e. The number of hydrogen-bond acceptors (Lipinski definition) is 5. The zero-order valence-corrected chi connectivity index (χ0v) is 24.3. The van der Waals surface area contributed by atoms with Gasteiger partial charge in [-0.15, -0.1) is 0 Å². The zero-order chi connectivity index (χ0) is 27.3. The van der Waals surface area contributed by atoms with Crippen LogP contribution in [0.1, 0.15) is 75.2 Å². The predicted octanol–water partition coefficient (Wildman–Crippen LogP) is 6.67. The summed E-state index contributed by atoms with van der Waals surface area (Å²) >= 11 is 0. The van der Waals surface area contributed by atoms with Gasteiger partial charge in [0, 0.05) is 6.54 Å². The summed E-state index contributed by atoms with van der Waals surface area (Å²) < 4.78 is 40.8. The molecule has 0 bridgehead atoms. The highest BCUT2D eigenvalue weighted by atomic mass is 32.2. The molecule has 0 radical (unpaired) electrons. The first-order valence-electron chi connectivity index (χ1n) is 13.0. The van der Waals surface area contributed by atoms with Gasteiger partial charge < -0.3 is 9.47 Å². The minimum absolute atomic E-state index is 0.168. The van der Waals surface area contributed by atoms with Crippen LogP contribution in [0.15, 0.2) is 41.3 Å². The van der Waals surface area contributed by atoms with Crippen molar-refractivity contribution in [3.63, 3.8) is 0 Å². The first-order chi connectivity index (χ1) is 16.6. The number of carbonyl (C=O) groups excluding carboxylic acids is 1. The van der Waals surface area contributed by atoms with Crippen LogP contribution in [0.4, 0.5) is 0 Å². The molecule has 0 N–H and O–H groups in total. The van der Waals surface area contributed by atoms with Crippen molar-refractivity contribution < 1.29 is 22.7 Å². The molecule has 2 aromatic rings. The summed E-state index contributed by atoms with van der Waals surface area (Å²) in [4.78, 5) is 13.4. The number of ether oxygens (including phenoxy) is 2. The Hall–Kier alpha value is -2.12. The molecule has 6 nitrogen and oxygen atoms in total. The first kappa shape index (κ1) is 30.1. The van der Waals surface area contributed by atoms with Gasteiger partial charge in [-0.05, 0) is 86.4 Å². The quantitative estimate of drug-likeness (QED) is 0.293. The second-order valence-electron chi connectivity index (χ2n) is 11.7. The number of hydrogen-bond donors (Lipinski definition) is 0. The molecule has 0 unspecified atom stereocenters. The fourth-order valence-electron chi connectivity index (χ4n) is 3.88. The molecule has 7 heteroatoms. The van der Waals surface area contributed by atoms with Crippen molar-refractivity contribution in [2.75, 3.05) is 13.2 Å². The van der Waals surface area contributed by atoms with Crippen LogP contribution >= 0.6 is 0 Å². The second kappa shape index (κ2) is 12.4. The summed E-state index contributed by atoms with van der Waals surface area (Å²) in [5.74, 6) is 0.829. The summed E-state index contributed by atoms with van der Waals surface area (Å²) in [7, 11) is -3.97. The van der Waals surface area contributed by atoms with E-state index in [1.54, 1.807) is 39.0 Å². The third-order valence-electron chi connectivity index (χ3n) is 5.87. The highest BCUT2D eigenvalue weighted by Gasteiger charge is 2.40. The van der Waals surface area contributed by atoms with E-state index in [4.69, 9.17) is 9.47 Å². The molecule has 2 rings (SSSR count). The van der Waals surface area contributed by atoms with Crippen LogP contribution in [0.3, 0.4) is 0 Å². The smallest absolute Gasteiger partial charge is 0.325 e. The first-order valence-corrected chi connectivity index (χ1v) is 14.5. The van der Waals surface area contributed by atoms with Crippen molar-refractivity contribution in [3.8, 4) is 5.75 Å². The molecule has 0 amide bonds. The Kier molecular flexibility index (Phi) is 10.4. The van der Waals surface area contributed by atoms with E-state index in [0.717, 1.165) is 22.9 Å². The molecule has 0 heterocycles. The van der Waals surface area contributed by atoms with Crippen molar-refractivity contribution >= 4 is 26.8 Å². The maximum atomic E-state index is 14.0. The van der Waals surface area contributed by atoms with Crippen LogP contribution < -0.4 is 4.74 Å². The second-order valence-corrected chi connectivity index (χ2v) is 13.6. The number of esters is 1. The highest BCUT2D eigenvalue weighted by molar-refractivity contribution is 7.89. The molecule has 2 aromatic carbocycles. The minimum atomic E-state index is -3.97. The van der Waals surface area contributed by atoms with Gasteiger partial charge in [-0.25, -0.2) is 8.42 Å². The molecule has 0 aliphatic rings. The normalized spacial score (nSPS) is 13.7. The number of fused-ring (bicyclic) bond motifs is 1. The number of nitrogens with zero attached hydrogens (tertiary/aromatic N) is 1. The summed E-state index contributed by atoms with van der Waals surface area (Å²) in [6, 6.07) is 9.86. The summed E-state index contributed by atoms with van der Waals surface area (Å²) in [5.41, 5.74) is -0.713. The van der Waals surface area contributed by atoms with E-state index in [1.807, 2.05) is 45.9 Å². The van der Waals surface area contributed by atoms with Gasteiger partial charge in [0.05, 0.1) is 11.5 Å². The van der Waals surface area contributed by atoms with Gasteiger partial charge in [0.2, 0.25) is 10.0 Å². The van der Waals surface area contributed by atoms with Crippen molar-refractivity contribution in [1.29, 1.82) is 0 Å². The van der Waals surface area contributed by atoms with Gasteiger partial charge in [0.15, 0.2) is 0 Å². The third kappa shape index (κ3) is 8.48. The Bertz CT molecular complexity index is 1120. The Balaban J connectivity index is 2.45. The molecular formula is C29H45NO5S. The number of sulfonamides is 1. The highest BCUT2D eigenvalue weighted by Crippen LogP contribution is 2.29.